The van der Waals surface area contributed by atoms with Gasteiger partial charge < -0.3 is 4.57 Å². The van der Waals surface area contributed by atoms with Crippen LogP contribution in [0.15, 0.2) is 60.1 Å². The number of thiazole rings is 1. The predicted octanol–water partition coefficient (Wildman–Crippen LogP) is 3.45. The largest absolute Gasteiger partial charge is 0.312 e. The minimum Gasteiger partial charge on any atom is -0.312 e. The van der Waals surface area contributed by atoms with E-state index in [1.807, 2.05) is 0 Å². The summed E-state index contributed by atoms with van der Waals surface area (Å²) < 4.78 is 2.33. The van der Waals surface area contributed by atoms with Crippen molar-refractivity contribution in [2.24, 2.45) is 4.99 Å². The fraction of sp³-hybridized carbons (Fsp3) is 0.0588. The van der Waals surface area contributed by atoms with Gasteiger partial charge in [-0.3, -0.25) is 25.0 Å². The number of allylic oxidation sites excluding steroid dienone is 1. The number of non-ortho nitro benzene ring substituents is 2. The van der Waals surface area contributed by atoms with Gasteiger partial charge in [-0.15, -0.1) is 6.58 Å². The van der Waals surface area contributed by atoms with Crippen molar-refractivity contribution in [1.29, 1.82) is 0 Å². The summed E-state index contributed by atoms with van der Waals surface area (Å²) in [5, 5.41) is 21.7. The van der Waals surface area contributed by atoms with Crippen LogP contribution in [0.4, 0.5) is 11.4 Å². The standard InChI is InChI=1S/C17H12N4O5S/c1-2-9-19-14-8-7-13(21(25)26)10-15(14)27-17(19)18-16(22)11-3-5-12(6-4-11)20(23)24/h2-8,10H,1,9H2. The number of nitro benzene ring substituents is 2. The van der Waals surface area contributed by atoms with Gasteiger partial charge in [0.25, 0.3) is 17.3 Å². The summed E-state index contributed by atoms with van der Waals surface area (Å²) in [6.45, 7) is 4.04. The minimum absolute atomic E-state index is 0.0530. The van der Waals surface area contributed by atoms with Gasteiger partial charge in [0, 0.05) is 36.4 Å². The third-order valence-electron chi connectivity index (χ3n) is 3.71. The first-order chi connectivity index (χ1) is 12.9. The monoisotopic (exact) mass is 384 g/mol. The van der Waals surface area contributed by atoms with E-state index in [-0.39, 0.29) is 16.9 Å². The lowest BCUT2D eigenvalue weighted by Gasteiger charge is -2.01. The molecule has 1 amide bonds. The van der Waals surface area contributed by atoms with E-state index in [2.05, 4.69) is 11.6 Å². The molecule has 0 saturated carbocycles. The van der Waals surface area contributed by atoms with Crippen LogP contribution in [0.5, 0.6) is 0 Å². The highest BCUT2D eigenvalue weighted by molar-refractivity contribution is 7.16. The molecule has 0 aliphatic heterocycles. The van der Waals surface area contributed by atoms with Gasteiger partial charge in [0.1, 0.15) is 0 Å². The molecule has 0 atom stereocenters. The van der Waals surface area contributed by atoms with Crippen molar-refractivity contribution < 1.29 is 14.6 Å². The Morgan fingerprint density at radius 3 is 2.33 bits per heavy atom. The number of hydrogen-bond acceptors (Lipinski definition) is 6. The van der Waals surface area contributed by atoms with E-state index in [0.717, 1.165) is 11.3 Å². The second kappa shape index (κ2) is 7.30. The quantitative estimate of drug-likeness (QED) is 0.379. The van der Waals surface area contributed by atoms with Gasteiger partial charge in [0.2, 0.25) is 0 Å². The Balaban J connectivity index is 2.09. The van der Waals surface area contributed by atoms with E-state index < -0.39 is 15.8 Å². The lowest BCUT2D eigenvalue weighted by molar-refractivity contribution is -0.385. The molecule has 27 heavy (non-hydrogen) atoms. The van der Waals surface area contributed by atoms with E-state index >= 15 is 0 Å². The van der Waals surface area contributed by atoms with Gasteiger partial charge in [0.15, 0.2) is 4.80 Å². The predicted molar refractivity (Wildman–Crippen MR) is 99.7 cm³/mol. The van der Waals surface area contributed by atoms with Gasteiger partial charge >= 0.3 is 0 Å². The highest BCUT2D eigenvalue weighted by atomic mass is 32.1. The van der Waals surface area contributed by atoms with E-state index in [1.165, 1.54) is 36.4 Å². The number of nitrogens with zero attached hydrogens (tertiary/aromatic N) is 4. The van der Waals surface area contributed by atoms with Gasteiger partial charge in [-0.1, -0.05) is 17.4 Å². The topological polar surface area (TPSA) is 121 Å². The molecule has 0 N–H and O–H groups in total. The maximum atomic E-state index is 12.4. The highest BCUT2D eigenvalue weighted by Gasteiger charge is 2.13. The molecule has 136 valence electrons. The number of hydrogen-bond donors (Lipinski definition) is 0. The number of carbonyl (C=O) groups is 1. The molecule has 10 heteroatoms. The summed E-state index contributed by atoms with van der Waals surface area (Å²) in [6, 6.07) is 9.54. The van der Waals surface area contributed by atoms with Crippen LogP contribution in [0.3, 0.4) is 0 Å². The lowest BCUT2D eigenvalue weighted by atomic mass is 10.2. The van der Waals surface area contributed by atoms with Crippen molar-refractivity contribution in [1.82, 2.24) is 4.57 Å². The Kier molecular flexibility index (Phi) is 4.90. The van der Waals surface area contributed by atoms with Crippen molar-refractivity contribution in [3.8, 4) is 0 Å². The van der Waals surface area contributed by atoms with Crippen molar-refractivity contribution >= 4 is 38.8 Å². The van der Waals surface area contributed by atoms with E-state index in [4.69, 9.17) is 0 Å². The Morgan fingerprint density at radius 2 is 1.74 bits per heavy atom. The van der Waals surface area contributed by atoms with Crippen LogP contribution in [0.2, 0.25) is 0 Å². The second-order valence-corrected chi connectivity index (χ2v) is 6.42. The molecule has 0 aliphatic rings. The zero-order valence-electron chi connectivity index (χ0n) is 13.8. The average molecular weight is 384 g/mol. The summed E-state index contributed by atoms with van der Waals surface area (Å²) in [4.78, 5) is 37.5. The summed E-state index contributed by atoms with van der Waals surface area (Å²) in [6.07, 6.45) is 1.63. The third kappa shape index (κ3) is 3.65. The number of amides is 1. The molecule has 0 bridgehead atoms. The molecular formula is C17H12N4O5S. The molecule has 9 nitrogen and oxygen atoms in total. The maximum Gasteiger partial charge on any atom is 0.279 e. The molecule has 1 aromatic heterocycles. The Morgan fingerprint density at radius 1 is 1.11 bits per heavy atom. The molecule has 2 aromatic carbocycles. The summed E-state index contributed by atoms with van der Waals surface area (Å²) in [5.74, 6) is -0.566. The highest BCUT2D eigenvalue weighted by Crippen LogP contribution is 2.23. The fourth-order valence-corrected chi connectivity index (χ4v) is 3.51. The van der Waals surface area contributed by atoms with Gasteiger partial charge in [-0.25, -0.2) is 0 Å². The maximum absolute atomic E-state index is 12.4. The van der Waals surface area contributed by atoms with Gasteiger partial charge in [-0.05, 0) is 18.2 Å². The first-order valence-electron chi connectivity index (χ1n) is 7.63. The molecule has 1 heterocycles. The van der Waals surface area contributed by atoms with Gasteiger partial charge in [0.05, 0.1) is 20.1 Å². The molecule has 0 aliphatic carbocycles. The molecule has 0 fully saturated rings. The Bertz CT molecular complexity index is 1140. The normalized spacial score (nSPS) is 11.5. The lowest BCUT2D eigenvalue weighted by Crippen LogP contribution is -2.16. The molecule has 3 rings (SSSR count). The molecule has 0 saturated heterocycles. The molecular weight excluding hydrogens is 372 g/mol. The number of benzene rings is 2. The van der Waals surface area contributed by atoms with Crippen LogP contribution in [0.1, 0.15) is 10.4 Å². The molecule has 0 unspecified atom stereocenters. The Hall–Kier alpha value is -3.66. The smallest absolute Gasteiger partial charge is 0.279 e. The fourth-order valence-electron chi connectivity index (χ4n) is 2.44. The van der Waals surface area contributed by atoms with E-state index in [0.29, 0.717) is 21.6 Å². The first-order valence-corrected chi connectivity index (χ1v) is 8.44. The summed E-state index contributed by atoms with van der Waals surface area (Å²) in [7, 11) is 0. The van der Waals surface area contributed by atoms with Crippen molar-refractivity contribution in [2.75, 3.05) is 0 Å². The average Bonchev–Trinajstić information content (AvgIpc) is 2.98. The van der Waals surface area contributed by atoms with E-state index in [9.17, 15) is 25.0 Å². The van der Waals surface area contributed by atoms with Crippen molar-refractivity contribution in [3.63, 3.8) is 0 Å². The van der Waals surface area contributed by atoms with Crippen molar-refractivity contribution in [3.05, 3.63) is 85.7 Å². The van der Waals surface area contributed by atoms with Crippen molar-refractivity contribution in [2.45, 2.75) is 6.54 Å². The number of rotatable bonds is 5. The zero-order valence-corrected chi connectivity index (χ0v) is 14.6. The number of carbonyl (C=O) groups excluding carboxylic acids is 1. The number of fused-ring (bicyclic) bond motifs is 1. The zero-order chi connectivity index (χ0) is 19.6. The number of aromatic nitrogens is 1. The van der Waals surface area contributed by atoms with Crippen LogP contribution in [-0.2, 0) is 6.54 Å². The van der Waals surface area contributed by atoms with Gasteiger partial charge in [-0.2, -0.15) is 4.99 Å². The minimum atomic E-state index is -0.566. The van der Waals surface area contributed by atoms with Crippen LogP contribution >= 0.6 is 11.3 Å². The van der Waals surface area contributed by atoms with E-state index in [1.54, 1.807) is 16.7 Å². The first kappa shape index (κ1) is 18.1. The molecule has 0 spiro atoms. The second-order valence-electron chi connectivity index (χ2n) is 5.41. The van der Waals surface area contributed by atoms with Crippen LogP contribution < -0.4 is 4.80 Å². The molecule has 3 aromatic rings. The summed E-state index contributed by atoms with van der Waals surface area (Å²) >= 11 is 1.14. The SMILES string of the molecule is C=CCn1c(=NC(=O)c2ccc([N+](=O)[O-])cc2)sc2cc([N+](=O)[O-])ccc21. The van der Waals surface area contributed by atoms with Crippen LogP contribution in [0.25, 0.3) is 10.2 Å². The molecule has 0 radical (unpaired) electrons. The summed E-state index contributed by atoms with van der Waals surface area (Å²) in [5.41, 5.74) is 0.722. The Labute approximate surface area is 155 Å². The van der Waals surface area contributed by atoms with Crippen LogP contribution in [-0.4, -0.2) is 20.3 Å². The third-order valence-corrected chi connectivity index (χ3v) is 4.75. The van der Waals surface area contributed by atoms with Crippen LogP contribution in [0, 0.1) is 20.2 Å². The number of nitro groups is 2.